The number of nitrogens with zero attached hydrogens (tertiary/aromatic N) is 3. The minimum Gasteiger partial charge on any atom is -0.496 e. The fourth-order valence-corrected chi connectivity index (χ4v) is 7.78. The highest BCUT2D eigenvalue weighted by Crippen LogP contribution is 2.43. The van der Waals surface area contributed by atoms with Crippen molar-refractivity contribution in [3.05, 3.63) is 82.0 Å². The van der Waals surface area contributed by atoms with Crippen LogP contribution in [0.1, 0.15) is 30.4 Å². The molecule has 0 atom stereocenters. The Morgan fingerprint density at radius 3 is 2.50 bits per heavy atom. The molecule has 11 heteroatoms. The third-order valence-electron chi connectivity index (χ3n) is 9.66. The van der Waals surface area contributed by atoms with Gasteiger partial charge in [-0.15, -0.1) is 0 Å². The van der Waals surface area contributed by atoms with E-state index in [0.29, 0.717) is 46.3 Å². The zero-order chi connectivity index (χ0) is 33.3. The number of hydrogen-bond donors (Lipinski definition) is 2. The first-order valence-electron chi connectivity index (χ1n) is 16.3. The summed E-state index contributed by atoms with van der Waals surface area (Å²) >= 11 is 14.2. The summed E-state index contributed by atoms with van der Waals surface area (Å²) in [4.78, 5) is 23.6. The number of carbonyl (C=O) groups excluding carboxylic acids is 1. The molecule has 0 radical (unpaired) electrons. The summed E-state index contributed by atoms with van der Waals surface area (Å²) in [7, 11) is 3.31. The van der Waals surface area contributed by atoms with Gasteiger partial charge in [-0.1, -0.05) is 59.6 Å². The number of halogens is 2. The van der Waals surface area contributed by atoms with Crippen LogP contribution in [0.5, 0.6) is 11.6 Å². The topological polar surface area (TPSA) is 97.8 Å². The van der Waals surface area contributed by atoms with Crippen LogP contribution in [0.4, 0.5) is 0 Å². The number of nitrogens with one attached hydrogen (secondary N) is 2. The van der Waals surface area contributed by atoms with E-state index in [9.17, 15) is 4.79 Å². The maximum absolute atomic E-state index is 11.7. The van der Waals surface area contributed by atoms with E-state index in [0.717, 1.165) is 91.4 Å². The van der Waals surface area contributed by atoms with Gasteiger partial charge in [0.2, 0.25) is 11.8 Å². The summed E-state index contributed by atoms with van der Waals surface area (Å²) in [5.74, 6) is 1.48. The predicted octanol–water partition coefficient (Wildman–Crippen LogP) is 6.39. The molecule has 0 unspecified atom stereocenters. The molecule has 0 saturated carbocycles. The van der Waals surface area contributed by atoms with Gasteiger partial charge in [0.1, 0.15) is 5.75 Å². The van der Waals surface area contributed by atoms with Gasteiger partial charge in [0.15, 0.2) is 0 Å². The van der Waals surface area contributed by atoms with E-state index < -0.39 is 0 Å². The molecule has 3 saturated heterocycles. The van der Waals surface area contributed by atoms with Crippen LogP contribution in [-0.2, 0) is 22.6 Å². The van der Waals surface area contributed by atoms with E-state index in [4.69, 9.17) is 42.4 Å². The molecule has 3 aliphatic heterocycles. The number of ether oxygens (including phenoxy) is 3. The van der Waals surface area contributed by atoms with E-state index in [-0.39, 0.29) is 11.3 Å². The fraction of sp³-hybridized carbons (Fsp3) is 0.378. The second kappa shape index (κ2) is 14.0. The van der Waals surface area contributed by atoms with Crippen molar-refractivity contribution in [2.45, 2.75) is 38.4 Å². The van der Waals surface area contributed by atoms with Gasteiger partial charge in [-0.2, -0.15) is 0 Å². The lowest BCUT2D eigenvalue weighted by Crippen LogP contribution is -2.56. The smallest absolute Gasteiger partial charge is 0.220 e. The van der Waals surface area contributed by atoms with Crippen LogP contribution < -0.4 is 20.1 Å². The van der Waals surface area contributed by atoms with Crippen LogP contribution in [0.2, 0.25) is 10.0 Å². The Morgan fingerprint density at radius 2 is 1.75 bits per heavy atom. The van der Waals surface area contributed by atoms with Crippen molar-refractivity contribution in [3.8, 4) is 45.3 Å². The highest BCUT2D eigenvalue weighted by molar-refractivity contribution is 6.39. The molecular formula is C37H39Cl2N5O4. The van der Waals surface area contributed by atoms with Gasteiger partial charge < -0.3 is 24.8 Å². The molecule has 48 heavy (non-hydrogen) atoms. The van der Waals surface area contributed by atoms with Crippen molar-refractivity contribution in [1.29, 1.82) is 0 Å². The number of aromatic nitrogens is 2. The van der Waals surface area contributed by atoms with Gasteiger partial charge in [-0.05, 0) is 31.0 Å². The molecule has 2 aromatic carbocycles. The quantitative estimate of drug-likeness (QED) is 0.198. The van der Waals surface area contributed by atoms with Gasteiger partial charge in [-0.3, -0.25) is 14.7 Å². The SMILES string of the molecule is COc1cc(-c2nccc(-c3cccc(-c4ccc(CNC5CCOCC5)c(OC)n4)c3Cl)c2Cl)ccc1CN1CC2(CNC(=O)C2)C1. The van der Waals surface area contributed by atoms with Gasteiger partial charge in [0, 0.05) is 103 Å². The second-order valence-electron chi connectivity index (χ2n) is 12.9. The van der Waals surface area contributed by atoms with Crippen LogP contribution in [0.15, 0.2) is 60.8 Å². The lowest BCUT2D eigenvalue weighted by molar-refractivity contribution is -0.120. The lowest BCUT2D eigenvalue weighted by Gasteiger charge is -2.47. The number of methoxy groups -OCH3 is 2. The van der Waals surface area contributed by atoms with Gasteiger partial charge in [0.05, 0.1) is 35.7 Å². The predicted molar refractivity (Wildman–Crippen MR) is 187 cm³/mol. The lowest BCUT2D eigenvalue weighted by atomic mass is 9.79. The van der Waals surface area contributed by atoms with Gasteiger partial charge in [0.25, 0.3) is 0 Å². The Balaban J connectivity index is 1.11. The molecule has 2 aromatic heterocycles. The summed E-state index contributed by atoms with van der Waals surface area (Å²) in [5, 5.41) is 7.61. The maximum atomic E-state index is 11.7. The highest BCUT2D eigenvalue weighted by atomic mass is 35.5. The van der Waals surface area contributed by atoms with Crippen LogP contribution in [0.25, 0.3) is 33.6 Å². The standard InChI is InChI=1S/C37H39Cl2N5O4/c1-46-31-16-23(6-7-25(31)19-44-21-37(22-44)17-32(45)42-20-37)35-34(39)28(10-13-40-35)27-4-3-5-29(33(27)38)30-9-8-24(36(43-30)47-2)18-41-26-11-14-48-15-12-26/h3-10,13,16,26,41H,11-12,14-15,17-22H2,1-2H3,(H,42,45). The number of pyridine rings is 2. The van der Waals surface area contributed by atoms with Crippen LogP contribution in [0.3, 0.4) is 0 Å². The molecule has 1 spiro atoms. The van der Waals surface area contributed by atoms with E-state index in [2.05, 4.69) is 26.6 Å². The third kappa shape index (κ3) is 6.62. The molecule has 3 fully saturated rings. The van der Waals surface area contributed by atoms with E-state index in [1.807, 2.05) is 48.5 Å². The summed E-state index contributed by atoms with van der Waals surface area (Å²) < 4.78 is 17.0. The average Bonchev–Trinajstić information content (AvgIpc) is 3.49. The fourth-order valence-electron chi connectivity index (χ4n) is 7.13. The van der Waals surface area contributed by atoms with Crippen molar-refractivity contribution in [1.82, 2.24) is 25.5 Å². The first-order valence-corrected chi connectivity index (χ1v) is 17.1. The Morgan fingerprint density at radius 1 is 0.979 bits per heavy atom. The molecule has 3 aliphatic rings. The van der Waals surface area contributed by atoms with Crippen LogP contribution in [0, 0.1) is 5.41 Å². The van der Waals surface area contributed by atoms with Gasteiger partial charge >= 0.3 is 0 Å². The van der Waals surface area contributed by atoms with E-state index >= 15 is 0 Å². The Kier molecular flexibility index (Phi) is 9.58. The number of amides is 1. The first kappa shape index (κ1) is 32.8. The second-order valence-corrected chi connectivity index (χ2v) is 13.7. The minimum atomic E-state index is 0.0778. The number of benzene rings is 2. The molecule has 0 aliphatic carbocycles. The Labute approximate surface area is 290 Å². The number of rotatable bonds is 10. The van der Waals surface area contributed by atoms with Crippen molar-refractivity contribution < 1.29 is 19.0 Å². The molecule has 4 aromatic rings. The average molecular weight is 689 g/mol. The monoisotopic (exact) mass is 687 g/mol. The van der Waals surface area contributed by atoms with Crippen LogP contribution >= 0.6 is 23.2 Å². The van der Waals surface area contributed by atoms with E-state index in [1.165, 1.54) is 0 Å². The molecule has 2 N–H and O–H groups in total. The highest BCUT2D eigenvalue weighted by Gasteiger charge is 2.47. The zero-order valence-corrected chi connectivity index (χ0v) is 28.7. The summed E-state index contributed by atoms with van der Waals surface area (Å²) in [6, 6.07) is 18.3. The van der Waals surface area contributed by atoms with Crippen LogP contribution in [-0.4, -0.2) is 73.9 Å². The Hall–Kier alpha value is -3.73. The summed E-state index contributed by atoms with van der Waals surface area (Å²) in [6.07, 6.45) is 4.35. The van der Waals surface area contributed by atoms with Crippen molar-refractivity contribution >= 4 is 29.1 Å². The van der Waals surface area contributed by atoms with Gasteiger partial charge in [-0.25, -0.2) is 4.98 Å². The normalized spacial score (nSPS) is 17.7. The molecule has 9 nitrogen and oxygen atoms in total. The Bertz CT molecular complexity index is 1820. The van der Waals surface area contributed by atoms with Crippen molar-refractivity contribution in [2.75, 3.05) is 47.1 Å². The number of carbonyl (C=O) groups is 1. The molecule has 0 bridgehead atoms. The summed E-state index contributed by atoms with van der Waals surface area (Å²) in [6.45, 7) is 5.53. The zero-order valence-electron chi connectivity index (χ0n) is 27.2. The number of hydrogen-bond acceptors (Lipinski definition) is 8. The molecule has 250 valence electrons. The molecule has 7 rings (SSSR count). The van der Waals surface area contributed by atoms with Crippen molar-refractivity contribution in [2.24, 2.45) is 5.41 Å². The van der Waals surface area contributed by atoms with E-state index in [1.54, 1.807) is 20.4 Å². The molecular weight excluding hydrogens is 649 g/mol. The third-order valence-corrected chi connectivity index (χ3v) is 10.4. The molecule has 5 heterocycles. The molecule has 1 amide bonds. The number of likely N-dealkylation sites (tertiary alicyclic amines) is 1. The largest absolute Gasteiger partial charge is 0.496 e. The van der Waals surface area contributed by atoms with Crippen molar-refractivity contribution in [3.63, 3.8) is 0 Å². The maximum Gasteiger partial charge on any atom is 0.220 e. The minimum absolute atomic E-state index is 0.0778. The first-order chi connectivity index (χ1) is 23.4. The summed E-state index contributed by atoms with van der Waals surface area (Å²) in [5.41, 5.74) is 6.66.